The minimum Gasteiger partial charge on any atom is -0.485 e. The van der Waals surface area contributed by atoms with Gasteiger partial charge in [0.05, 0.1) is 22.2 Å². The van der Waals surface area contributed by atoms with Crippen LogP contribution < -0.4 is 4.74 Å². The van der Waals surface area contributed by atoms with Crippen molar-refractivity contribution in [3.05, 3.63) is 199 Å². The zero-order valence-electron chi connectivity index (χ0n) is 31.2. The van der Waals surface area contributed by atoms with Crippen LogP contribution in [0.25, 0.3) is 83.8 Å². The normalized spacial score (nSPS) is 16.6. The SMILES string of the molecule is C1=CC2Oc3ccc(-n4c5ccccc5c5cc(-c6ccc7c(c6)c6c(n7-c7cc(-c8ccccc8)cc(-c8ccccc8)n7)CCC=C6)ccc54)cc3C2C=C1. The van der Waals surface area contributed by atoms with Crippen molar-refractivity contribution >= 4 is 38.8 Å². The molecule has 57 heavy (non-hydrogen) atoms. The van der Waals surface area contributed by atoms with Crippen molar-refractivity contribution in [2.45, 2.75) is 24.9 Å². The average molecular weight is 732 g/mol. The Morgan fingerprint density at radius 1 is 0.544 bits per heavy atom. The van der Waals surface area contributed by atoms with E-state index in [0.29, 0.717) is 0 Å². The zero-order valence-corrected chi connectivity index (χ0v) is 31.2. The van der Waals surface area contributed by atoms with Crippen molar-refractivity contribution < 1.29 is 4.74 Å². The third-order valence-electron chi connectivity index (χ3n) is 12.1. The predicted molar refractivity (Wildman–Crippen MR) is 235 cm³/mol. The van der Waals surface area contributed by atoms with Gasteiger partial charge in [-0.3, -0.25) is 4.57 Å². The largest absolute Gasteiger partial charge is 0.485 e. The lowest BCUT2D eigenvalue weighted by molar-refractivity contribution is 0.269. The van der Waals surface area contributed by atoms with Crippen molar-refractivity contribution in [2.75, 3.05) is 0 Å². The van der Waals surface area contributed by atoms with E-state index < -0.39 is 0 Å². The Labute approximate surface area is 330 Å². The standard InChI is InChI=1S/C53H37N3O/c1-3-13-34(14-4-1)38-31-46(35-15-5-2-6-16-35)54-53(32-38)56-48-21-11-8-18-41(48)44-30-37(24-27-50(44)56)36-23-26-49-43(29-36)40-17-7-10-20-47(40)55(49)39-25-28-52-45(33-39)42-19-9-12-22-51(42)57-52/h1-10,12-20,22-33,42,51H,11,21H2. The Bertz CT molecular complexity index is 3100. The van der Waals surface area contributed by atoms with Crippen molar-refractivity contribution in [3.8, 4) is 50.8 Å². The van der Waals surface area contributed by atoms with Crippen molar-refractivity contribution in [1.82, 2.24) is 14.1 Å². The molecule has 4 nitrogen and oxygen atoms in total. The molecule has 3 aromatic heterocycles. The Hall–Kier alpha value is -7.17. The lowest BCUT2D eigenvalue weighted by Crippen LogP contribution is -2.15. The van der Waals surface area contributed by atoms with Crippen LogP contribution in [0.15, 0.2) is 182 Å². The second kappa shape index (κ2) is 12.7. The van der Waals surface area contributed by atoms with Gasteiger partial charge in [0.25, 0.3) is 0 Å². The first-order valence-corrected chi connectivity index (χ1v) is 19.9. The molecule has 4 heteroatoms. The minimum atomic E-state index is 0.0683. The third-order valence-corrected chi connectivity index (χ3v) is 12.1. The van der Waals surface area contributed by atoms with E-state index in [2.05, 4.69) is 197 Å². The Morgan fingerprint density at radius 2 is 1.26 bits per heavy atom. The molecule has 0 saturated heterocycles. The molecule has 12 rings (SSSR count). The van der Waals surface area contributed by atoms with Gasteiger partial charge >= 0.3 is 0 Å². The number of ether oxygens (including phenoxy) is 1. The highest BCUT2D eigenvalue weighted by Gasteiger charge is 2.32. The van der Waals surface area contributed by atoms with Crippen molar-refractivity contribution in [1.29, 1.82) is 0 Å². The van der Waals surface area contributed by atoms with E-state index >= 15 is 0 Å². The first-order chi connectivity index (χ1) is 28.2. The maximum absolute atomic E-state index is 6.31. The van der Waals surface area contributed by atoms with Crippen LogP contribution in [-0.4, -0.2) is 20.2 Å². The first kappa shape index (κ1) is 32.1. The highest BCUT2D eigenvalue weighted by molar-refractivity contribution is 6.10. The molecular formula is C53H37N3O. The molecule has 0 fully saturated rings. The summed E-state index contributed by atoms with van der Waals surface area (Å²) in [5, 5.41) is 3.74. The summed E-state index contributed by atoms with van der Waals surface area (Å²) in [4.78, 5) is 5.36. The monoisotopic (exact) mass is 731 g/mol. The number of fused-ring (bicyclic) bond motifs is 9. The Balaban J connectivity index is 1.00. The quantitative estimate of drug-likeness (QED) is 0.177. The highest BCUT2D eigenvalue weighted by atomic mass is 16.5. The topological polar surface area (TPSA) is 32.0 Å². The van der Waals surface area contributed by atoms with Crippen LogP contribution in [0.5, 0.6) is 5.75 Å². The summed E-state index contributed by atoms with van der Waals surface area (Å²) in [6.07, 6.45) is 15.3. The smallest absolute Gasteiger partial charge is 0.138 e. The van der Waals surface area contributed by atoms with Crippen LogP contribution in [0.1, 0.15) is 29.2 Å². The van der Waals surface area contributed by atoms with Gasteiger partial charge in [0.15, 0.2) is 0 Å². The molecule has 270 valence electrons. The number of pyridine rings is 1. The molecule has 3 aliphatic rings. The van der Waals surface area contributed by atoms with E-state index in [0.717, 1.165) is 46.9 Å². The van der Waals surface area contributed by atoms with Crippen LogP contribution in [0.2, 0.25) is 0 Å². The lowest BCUT2D eigenvalue weighted by atomic mass is 9.92. The Morgan fingerprint density at radius 3 is 2.11 bits per heavy atom. The van der Waals surface area contributed by atoms with Crippen LogP contribution in [0.3, 0.4) is 0 Å². The zero-order chi connectivity index (χ0) is 37.5. The maximum atomic E-state index is 6.31. The van der Waals surface area contributed by atoms with Crippen molar-refractivity contribution in [3.63, 3.8) is 0 Å². The van der Waals surface area contributed by atoms with Gasteiger partial charge in [-0.15, -0.1) is 0 Å². The van der Waals surface area contributed by atoms with E-state index in [1.807, 2.05) is 0 Å². The van der Waals surface area contributed by atoms with E-state index in [-0.39, 0.29) is 12.0 Å². The van der Waals surface area contributed by atoms with Crippen LogP contribution in [-0.2, 0) is 6.42 Å². The molecule has 6 aromatic carbocycles. The van der Waals surface area contributed by atoms with Gasteiger partial charge < -0.3 is 9.30 Å². The van der Waals surface area contributed by atoms with Crippen LogP contribution in [0, 0.1) is 0 Å². The molecule has 9 aromatic rings. The molecule has 0 N–H and O–H groups in total. The Kier molecular flexibility index (Phi) is 7.15. The molecule has 2 aliphatic carbocycles. The highest BCUT2D eigenvalue weighted by Crippen LogP contribution is 2.44. The van der Waals surface area contributed by atoms with E-state index in [9.17, 15) is 0 Å². The fraction of sp³-hybridized carbons (Fsp3) is 0.0755. The summed E-state index contributed by atoms with van der Waals surface area (Å²) < 4.78 is 11.1. The molecule has 0 spiro atoms. The summed E-state index contributed by atoms with van der Waals surface area (Å²) in [6.45, 7) is 0. The molecule has 0 bridgehead atoms. The molecule has 0 radical (unpaired) electrons. The molecular weight excluding hydrogens is 695 g/mol. The number of para-hydroxylation sites is 1. The average Bonchev–Trinajstić information content (AvgIpc) is 3.94. The van der Waals surface area contributed by atoms with Crippen LogP contribution in [0.4, 0.5) is 0 Å². The number of aromatic nitrogens is 3. The number of nitrogens with zero attached hydrogens (tertiary/aromatic N) is 3. The summed E-state index contributed by atoms with van der Waals surface area (Å²) in [5.74, 6) is 2.17. The number of hydrogen-bond donors (Lipinski definition) is 0. The van der Waals surface area contributed by atoms with Crippen LogP contribution >= 0.6 is 0 Å². The fourth-order valence-electron chi connectivity index (χ4n) is 9.45. The lowest BCUT2D eigenvalue weighted by Gasteiger charge is -2.15. The summed E-state index contributed by atoms with van der Waals surface area (Å²) in [5.41, 5.74) is 15.4. The summed E-state index contributed by atoms with van der Waals surface area (Å²) >= 11 is 0. The number of hydrogen-bond acceptors (Lipinski definition) is 2. The summed E-state index contributed by atoms with van der Waals surface area (Å²) in [6, 6.07) is 55.1. The van der Waals surface area contributed by atoms with E-state index in [4.69, 9.17) is 9.72 Å². The van der Waals surface area contributed by atoms with Gasteiger partial charge in [0.1, 0.15) is 17.7 Å². The van der Waals surface area contributed by atoms with Gasteiger partial charge in [-0.2, -0.15) is 0 Å². The van der Waals surface area contributed by atoms with Gasteiger partial charge in [0, 0.05) is 50.1 Å². The van der Waals surface area contributed by atoms with E-state index in [1.54, 1.807) is 0 Å². The third kappa shape index (κ3) is 5.11. The number of allylic oxidation sites excluding steroid dienone is 3. The molecule has 4 heterocycles. The van der Waals surface area contributed by atoms with Gasteiger partial charge in [-0.05, 0) is 102 Å². The minimum absolute atomic E-state index is 0.0683. The maximum Gasteiger partial charge on any atom is 0.138 e. The molecule has 2 atom stereocenters. The van der Waals surface area contributed by atoms with Crippen molar-refractivity contribution in [2.24, 2.45) is 0 Å². The fourth-order valence-corrected chi connectivity index (χ4v) is 9.45. The van der Waals surface area contributed by atoms with Gasteiger partial charge in [-0.25, -0.2) is 4.98 Å². The second-order valence-electron chi connectivity index (χ2n) is 15.4. The van der Waals surface area contributed by atoms with Gasteiger partial charge in [0.2, 0.25) is 0 Å². The molecule has 0 amide bonds. The first-order valence-electron chi connectivity index (χ1n) is 19.9. The molecule has 0 saturated carbocycles. The number of benzene rings is 6. The summed E-state index contributed by atoms with van der Waals surface area (Å²) in [7, 11) is 0. The molecule has 1 aliphatic heterocycles. The second-order valence-corrected chi connectivity index (χ2v) is 15.4. The van der Waals surface area contributed by atoms with E-state index in [1.165, 1.54) is 66.2 Å². The van der Waals surface area contributed by atoms with Gasteiger partial charge in [-0.1, -0.05) is 121 Å². The molecule has 2 unspecified atom stereocenters. The predicted octanol–water partition coefficient (Wildman–Crippen LogP) is 13.1. The number of rotatable bonds is 5.